The van der Waals surface area contributed by atoms with E-state index in [0.29, 0.717) is 13.2 Å². The monoisotopic (exact) mass is 114 g/mol. The summed E-state index contributed by atoms with van der Waals surface area (Å²) >= 11 is 0. The van der Waals surface area contributed by atoms with Crippen molar-refractivity contribution in [3.05, 3.63) is 0 Å². The second-order valence-corrected chi connectivity index (χ2v) is 1.85. The molecule has 2 N–H and O–H groups in total. The van der Waals surface area contributed by atoms with E-state index in [2.05, 4.69) is 4.99 Å². The standard InChI is InChI=1S/C5H10N2O/c1-4-7-5(2-6)3-8-4/h5H,2-3,6H2,1H3. The third kappa shape index (κ3) is 0.980. The van der Waals surface area contributed by atoms with Crippen LogP contribution >= 0.6 is 0 Å². The lowest BCUT2D eigenvalue weighted by molar-refractivity contribution is 0.317. The van der Waals surface area contributed by atoms with Gasteiger partial charge in [0, 0.05) is 13.5 Å². The Bertz CT molecular complexity index is 111. The highest BCUT2D eigenvalue weighted by atomic mass is 16.5. The topological polar surface area (TPSA) is 47.6 Å². The Kier molecular flexibility index (Phi) is 1.48. The molecular weight excluding hydrogens is 104 g/mol. The van der Waals surface area contributed by atoms with Gasteiger partial charge in [-0.3, -0.25) is 0 Å². The van der Waals surface area contributed by atoms with E-state index >= 15 is 0 Å². The average molecular weight is 114 g/mol. The van der Waals surface area contributed by atoms with Gasteiger partial charge in [0.2, 0.25) is 0 Å². The minimum absolute atomic E-state index is 0.218. The Morgan fingerprint density at radius 1 is 2.00 bits per heavy atom. The van der Waals surface area contributed by atoms with Crippen molar-refractivity contribution in [1.82, 2.24) is 0 Å². The summed E-state index contributed by atoms with van der Waals surface area (Å²) < 4.78 is 5.03. The summed E-state index contributed by atoms with van der Waals surface area (Å²) in [6, 6.07) is 0.218. The fourth-order valence-corrected chi connectivity index (χ4v) is 0.669. The van der Waals surface area contributed by atoms with Crippen molar-refractivity contribution in [1.29, 1.82) is 0 Å². The molecule has 46 valence electrons. The van der Waals surface area contributed by atoms with E-state index in [1.165, 1.54) is 0 Å². The van der Waals surface area contributed by atoms with E-state index in [4.69, 9.17) is 10.5 Å². The van der Waals surface area contributed by atoms with Gasteiger partial charge in [0.1, 0.15) is 6.61 Å². The van der Waals surface area contributed by atoms with Gasteiger partial charge in [0.25, 0.3) is 0 Å². The Balaban J connectivity index is 2.41. The van der Waals surface area contributed by atoms with Gasteiger partial charge in [-0.15, -0.1) is 0 Å². The first-order valence-corrected chi connectivity index (χ1v) is 2.70. The van der Waals surface area contributed by atoms with Crippen LogP contribution in [0.4, 0.5) is 0 Å². The fourth-order valence-electron chi connectivity index (χ4n) is 0.669. The molecule has 0 saturated heterocycles. The fraction of sp³-hybridized carbons (Fsp3) is 0.800. The summed E-state index contributed by atoms with van der Waals surface area (Å²) in [6.45, 7) is 3.11. The third-order valence-electron chi connectivity index (χ3n) is 1.12. The van der Waals surface area contributed by atoms with E-state index < -0.39 is 0 Å². The Morgan fingerprint density at radius 2 is 2.75 bits per heavy atom. The average Bonchev–Trinajstić information content (AvgIpc) is 2.14. The van der Waals surface area contributed by atoms with Crippen molar-refractivity contribution in [2.75, 3.05) is 13.2 Å². The Labute approximate surface area is 48.5 Å². The molecule has 8 heavy (non-hydrogen) atoms. The van der Waals surface area contributed by atoms with Gasteiger partial charge in [-0.1, -0.05) is 0 Å². The van der Waals surface area contributed by atoms with Gasteiger partial charge in [0.15, 0.2) is 5.90 Å². The molecule has 1 unspecified atom stereocenters. The lowest BCUT2D eigenvalue weighted by Gasteiger charge is -1.95. The molecule has 0 spiro atoms. The number of hydrogen-bond acceptors (Lipinski definition) is 3. The molecule has 0 aromatic carbocycles. The smallest absolute Gasteiger partial charge is 0.180 e. The van der Waals surface area contributed by atoms with Crippen LogP contribution in [0.2, 0.25) is 0 Å². The first-order valence-electron chi connectivity index (χ1n) is 2.70. The molecule has 0 aliphatic carbocycles. The summed E-state index contributed by atoms with van der Waals surface area (Å²) in [4.78, 5) is 4.08. The molecule has 1 heterocycles. The lowest BCUT2D eigenvalue weighted by atomic mass is 10.3. The normalized spacial score (nSPS) is 27.2. The lowest BCUT2D eigenvalue weighted by Crippen LogP contribution is -2.18. The van der Waals surface area contributed by atoms with Crippen LogP contribution in [0.5, 0.6) is 0 Å². The van der Waals surface area contributed by atoms with Crippen molar-refractivity contribution in [2.24, 2.45) is 10.7 Å². The maximum atomic E-state index is 5.31. The van der Waals surface area contributed by atoms with Crippen molar-refractivity contribution in [3.63, 3.8) is 0 Å². The molecule has 0 radical (unpaired) electrons. The Morgan fingerprint density at radius 3 is 3.00 bits per heavy atom. The van der Waals surface area contributed by atoms with Gasteiger partial charge >= 0.3 is 0 Å². The van der Waals surface area contributed by atoms with E-state index in [1.54, 1.807) is 0 Å². The van der Waals surface area contributed by atoms with Gasteiger partial charge in [0.05, 0.1) is 6.04 Å². The van der Waals surface area contributed by atoms with Crippen LogP contribution in [0.25, 0.3) is 0 Å². The molecule has 3 nitrogen and oxygen atoms in total. The molecule has 0 aromatic rings. The number of hydrogen-bond donors (Lipinski definition) is 1. The molecule has 0 fully saturated rings. The zero-order valence-corrected chi connectivity index (χ0v) is 4.92. The molecule has 1 atom stereocenters. The highest BCUT2D eigenvalue weighted by Crippen LogP contribution is 2.00. The minimum Gasteiger partial charge on any atom is -0.479 e. The molecular formula is C5H10N2O. The van der Waals surface area contributed by atoms with Gasteiger partial charge in [-0.2, -0.15) is 0 Å². The summed E-state index contributed by atoms with van der Waals surface area (Å²) in [5.74, 6) is 0.764. The SMILES string of the molecule is CC1=NC(CN)CO1. The van der Waals surface area contributed by atoms with Crippen molar-refractivity contribution >= 4 is 5.90 Å². The van der Waals surface area contributed by atoms with Crippen molar-refractivity contribution in [2.45, 2.75) is 13.0 Å². The maximum Gasteiger partial charge on any atom is 0.180 e. The summed E-state index contributed by atoms with van der Waals surface area (Å²) in [7, 11) is 0. The first kappa shape index (κ1) is 5.56. The van der Waals surface area contributed by atoms with Crippen LogP contribution < -0.4 is 5.73 Å². The molecule has 0 amide bonds. The largest absolute Gasteiger partial charge is 0.479 e. The Hall–Kier alpha value is -0.570. The van der Waals surface area contributed by atoms with E-state index in [1.807, 2.05) is 6.92 Å². The second kappa shape index (κ2) is 2.13. The molecule has 0 bridgehead atoms. The van der Waals surface area contributed by atoms with E-state index in [0.717, 1.165) is 5.90 Å². The van der Waals surface area contributed by atoms with E-state index in [-0.39, 0.29) is 6.04 Å². The highest BCUT2D eigenvalue weighted by Gasteiger charge is 2.12. The summed E-state index contributed by atoms with van der Waals surface area (Å²) in [6.07, 6.45) is 0. The maximum absolute atomic E-state index is 5.31. The molecule has 0 saturated carbocycles. The number of nitrogens with zero attached hydrogens (tertiary/aromatic N) is 1. The molecule has 1 rings (SSSR count). The number of rotatable bonds is 1. The van der Waals surface area contributed by atoms with Gasteiger partial charge < -0.3 is 10.5 Å². The van der Waals surface area contributed by atoms with Crippen LogP contribution in [-0.2, 0) is 4.74 Å². The summed E-state index contributed by atoms with van der Waals surface area (Å²) in [5.41, 5.74) is 5.31. The first-order chi connectivity index (χ1) is 3.83. The van der Waals surface area contributed by atoms with Crippen molar-refractivity contribution in [3.8, 4) is 0 Å². The van der Waals surface area contributed by atoms with E-state index in [9.17, 15) is 0 Å². The number of nitrogens with two attached hydrogens (primary N) is 1. The number of ether oxygens (including phenoxy) is 1. The number of aliphatic imine (C=N–C) groups is 1. The van der Waals surface area contributed by atoms with Gasteiger partial charge in [-0.25, -0.2) is 4.99 Å². The molecule has 1 aliphatic rings. The zero-order chi connectivity index (χ0) is 5.98. The zero-order valence-electron chi connectivity index (χ0n) is 4.92. The van der Waals surface area contributed by atoms with Crippen LogP contribution in [0, 0.1) is 0 Å². The quantitative estimate of drug-likeness (QED) is 0.511. The minimum atomic E-state index is 0.218. The van der Waals surface area contributed by atoms with Gasteiger partial charge in [-0.05, 0) is 0 Å². The third-order valence-corrected chi connectivity index (χ3v) is 1.12. The van der Waals surface area contributed by atoms with Crippen LogP contribution in [0.15, 0.2) is 4.99 Å². The van der Waals surface area contributed by atoms with Crippen LogP contribution in [0.3, 0.4) is 0 Å². The molecule has 1 aliphatic heterocycles. The highest BCUT2D eigenvalue weighted by molar-refractivity contribution is 5.74. The van der Waals surface area contributed by atoms with Crippen LogP contribution in [0.1, 0.15) is 6.92 Å². The molecule has 3 heteroatoms. The predicted octanol–water partition coefficient (Wildman–Crippen LogP) is -0.238. The van der Waals surface area contributed by atoms with Crippen molar-refractivity contribution < 1.29 is 4.74 Å². The molecule has 0 aromatic heterocycles. The second-order valence-electron chi connectivity index (χ2n) is 1.85. The van der Waals surface area contributed by atoms with Crippen LogP contribution in [-0.4, -0.2) is 25.1 Å². The summed E-state index contributed by atoms with van der Waals surface area (Å²) in [5, 5.41) is 0. The predicted molar refractivity (Wildman–Crippen MR) is 31.9 cm³/mol.